The van der Waals surface area contributed by atoms with Gasteiger partial charge in [0.1, 0.15) is 0 Å². The van der Waals surface area contributed by atoms with Crippen LogP contribution in [0, 0.1) is 6.92 Å². The molecule has 1 rings (SSSR count). The zero-order valence-electron chi connectivity index (χ0n) is 9.66. The molecule has 81 valence electrons. The summed E-state index contributed by atoms with van der Waals surface area (Å²) in [5.41, 5.74) is 0.943. The molecule has 1 aromatic carbocycles. The minimum absolute atomic E-state index is 0.133. The number of benzene rings is 1. The molecule has 1 aromatic rings. The number of amides is 1. The van der Waals surface area contributed by atoms with E-state index in [9.17, 15) is 4.79 Å². The molecule has 0 heterocycles. The van der Waals surface area contributed by atoms with Gasteiger partial charge in [-0.25, -0.2) is 0 Å². The van der Waals surface area contributed by atoms with Crippen LogP contribution in [0.4, 0.5) is 0 Å². The zero-order valence-corrected chi connectivity index (χ0v) is 9.66. The Kier molecular flexibility index (Phi) is 3.51. The Balaban J connectivity index is 2.82. The van der Waals surface area contributed by atoms with Crippen molar-refractivity contribution >= 4 is 5.91 Å². The van der Waals surface area contributed by atoms with E-state index in [1.54, 1.807) is 4.90 Å². The molecule has 0 saturated carbocycles. The molecule has 2 nitrogen and oxygen atoms in total. The van der Waals surface area contributed by atoms with E-state index in [-0.39, 0.29) is 11.4 Å². The normalized spacial score (nSPS) is 11.2. The lowest BCUT2D eigenvalue weighted by Crippen LogP contribution is -2.43. The van der Waals surface area contributed by atoms with Crippen LogP contribution in [0.1, 0.15) is 26.3 Å². The molecule has 15 heavy (non-hydrogen) atoms. The molecule has 0 fully saturated rings. The van der Waals surface area contributed by atoms with Crippen molar-refractivity contribution in [2.75, 3.05) is 0 Å². The number of rotatable bonds is 2. The maximum absolute atomic E-state index is 11.4. The average molecular weight is 204 g/mol. The van der Waals surface area contributed by atoms with Gasteiger partial charge in [-0.1, -0.05) is 30.3 Å². The van der Waals surface area contributed by atoms with Crippen molar-refractivity contribution in [3.8, 4) is 0 Å². The fraction of sp³-hybridized carbons (Fsp3) is 0.385. The Morgan fingerprint density at radius 3 is 2.20 bits per heavy atom. The predicted molar refractivity (Wildman–Crippen MR) is 62.1 cm³/mol. The number of carbonyl (C=O) groups excluding carboxylic acids is 1. The Bertz CT molecular complexity index is 324. The highest BCUT2D eigenvalue weighted by Gasteiger charge is 2.23. The third kappa shape index (κ3) is 3.39. The van der Waals surface area contributed by atoms with Crippen LogP contribution in [0.2, 0.25) is 0 Å². The average Bonchev–Trinajstić information content (AvgIpc) is 2.13. The highest BCUT2D eigenvalue weighted by Crippen LogP contribution is 2.17. The lowest BCUT2D eigenvalue weighted by atomic mass is 10.0. The van der Waals surface area contributed by atoms with Crippen molar-refractivity contribution in [1.29, 1.82) is 0 Å². The van der Waals surface area contributed by atoms with Crippen molar-refractivity contribution in [2.24, 2.45) is 0 Å². The number of hydrogen-bond acceptors (Lipinski definition) is 1. The highest BCUT2D eigenvalue weighted by molar-refractivity contribution is 5.80. The van der Waals surface area contributed by atoms with E-state index < -0.39 is 0 Å². The molecule has 0 aliphatic carbocycles. The number of carbonyl (C=O) groups is 1. The third-order valence-electron chi connectivity index (χ3n) is 2.29. The Morgan fingerprint density at radius 2 is 1.80 bits per heavy atom. The molecule has 1 amide bonds. The maximum Gasteiger partial charge on any atom is 0.223 e. The highest BCUT2D eigenvalue weighted by atomic mass is 16.2. The summed E-state index contributed by atoms with van der Waals surface area (Å²) < 4.78 is 0. The molecule has 0 unspecified atom stereocenters. The van der Waals surface area contributed by atoms with Crippen molar-refractivity contribution in [2.45, 2.75) is 32.9 Å². The van der Waals surface area contributed by atoms with Gasteiger partial charge in [-0.3, -0.25) is 4.79 Å². The smallest absolute Gasteiger partial charge is 0.223 e. The van der Waals surface area contributed by atoms with E-state index in [1.165, 1.54) is 0 Å². The van der Waals surface area contributed by atoms with E-state index in [4.69, 9.17) is 0 Å². The summed E-state index contributed by atoms with van der Waals surface area (Å²) >= 11 is 0. The van der Waals surface area contributed by atoms with Crippen LogP contribution in [0.3, 0.4) is 0 Å². The molecule has 0 spiro atoms. The van der Waals surface area contributed by atoms with Gasteiger partial charge >= 0.3 is 0 Å². The predicted octanol–water partition coefficient (Wildman–Crippen LogP) is 2.65. The lowest BCUT2D eigenvalue weighted by molar-refractivity contribution is -0.131. The Morgan fingerprint density at radius 1 is 1.27 bits per heavy atom. The van der Waals surface area contributed by atoms with Crippen LogP contribution in [0.5, 0.6) is 0 Å². The molecule has 0 aliphatic rings. The number of hydrogen-bond donors (Lipinski definition) is 0. The first-order valence-electron chi connectivity index (χ1n) is 5.09. The molecule has 0 atom stereocenters. The summed E-state index contributed by atoms with van der Waals surface area (Å²) in [5, 5.41) is 0. The van der Waals surface area contributed by atoms with E-state index in [0.29, 0.717) is 6.54 Å². The molecule has 2 heteroatoms. The van der Waals surface area contributed by atoms with Gasteiger partial charge in [0.25, 0.3) is 0 Å². The van der Waals surface area contributed by atoms with Crippen LogP contribution in [0.25, 0.3) is 0 Å². The summed E-state index contributed by atoms with van der Waals surface area (Å²) in [7, 11) is 0. The molecular formula is C13H18NO. The minimum Gasteiger partial charge on any atom is -0.334 e. The fourth-order valence-electron chi connectivity index (χ4n) is 1.47. The summed E-state index contributed by atoms with van der Waals surface area (Å²) in [5.74, 6) is -0.133. The van der Waals surface area contributed by atoms with Crippen LogP contribution in [0.15, 0.2) is 30.3 Å². The summed E-state index contributed by atoms with van der Waals surface area (Å²) in [4.78, 5) is 13.2. The van der Waals surface area contributed by atoms with E-state index in [2.05, 4.69) is 6.92 Å². The minimum atomic E-state index is -0.186. The zero-order chi connectivity index (χ0) is 11.5. The molecule has 1 radical (unpaired) electrons. The van der Waals surface area contributed by atoms with Gasteiger partial charge in [-0.05, 0) is 26.3 Å². The van der Waals surface area contributed by atoms with E-state index >= 15 is 0 Å². The monoisotopic (exact) mass is 204 g/mol. The second-order valence-corrected chi connectivity index (χ2v) is 4.64. The first-order chi connectivity index (χ1) is 6.91. The lowest BCUT2D eigenvalue weighted by Gasteiger charge is -2.35. The number of nitrogens with zero attached hydrogens (tertiary/aromatic N) is 1. The van der Waals surface area contributed by atoms with Crippen LogP contribution >= 0.6 is 0 Å². The van der Waals surface area contributed by atoms with Gasteiger partial charge < -0.3 is 4.90 Å². The molecule has 0 aliphatic heterocycles. The molecular weight excluding hydrogens is 186 g/mol. The molecule has 0 N–H and O–H groups in total. The fourth-order valence-corrected chi connectivity index (χ4v) is 1.47. The van der Waals surface area contributed by atoms with Gasteiger partial charge in [0.05, 0.1) is 0 Å². The SMILES string of the molecule is [CH2]C(=O)N(Cc1ccccc1)C(C)(C)C. The van der Waals surface area contributed by atoms with Crippen molar-refractivity contribution in [1.82, 2.24) is 4.90 Å². The summed E-state index contributed by atoms with van der Waals surface area (Å²) in [6, 6.07) is 9.95. The standard InChI is InChI=1S/C13H18NO/c1-11(15)14(13(2,3)4)10-12-8-6-5-7-9-12/h5-9H,1,10H2,2-4H3. The Hall–Kier alpha value is -1.31. The third-order valence-corrected chi connectivity index (χ3v) is 2.29. The second-order valence-electron chi connectivity index (χ2n) is 4.64. The second kappa shape index (κ2) is 4.47. The van der Waals surface area contributed by atoms with Gasteiger partial charge in [0.15, 0.2) is 0 Å². The summed E-state index contributed by atoms with van der Waals surface area (Å²) in [6.45, 7) is 10.1. The van der Waals surface area contributed by atoms with Crippen LogP contribution in [-0.2, 0) is 11.3 Å². The first kappa shape index (κ1) is 11.8. The van der Waals surface area contributed by atoms with Crippen LogP contribution in [-0.4, -0.2) is 16.3 Å². The van der Waals surface area contributed by atoms with Gasteiger partial charge in [-0.15, -0.1) is 0 Å². The van der Waals surface area contributed by atoms with Crippen molar-refractivity contribution in [3.05, 3.63) is 42.8 Å². The van der Waals surface area contributed by atoms with Crippen LogP contribution < -0.4 is 0 Å². The van der Waals surface area contributed by atoms with E-state index in [0.717, 1.165) is 5.56 Å². The first-order valence-corrected chi connectivity index (χ1v) is 5.09. The van der Waals surface area contributed by atoms with Crippen molar-refractivity contribution in [3.63, 3.8) is 0 Å². The topological polar surface area (TPSA) is 20.3 Å². The maximum atomic E-state index is 11.4. The van der Waals surface area contributed by atoms with Crippen molar-refractivity contribution < 1.29 is 4.79 Å². The van der Waals surface area contributed by atoms with E-state index in [1.807, 2.05) is 51.1 Å². The molecule has 0 aromatic heterocycles. The van der Waals surface area contributed by atoms with Gasteiger partial charge in [0, 0.05) is 19.0 Å². The Labute approximate surface area is 91.9 Å². The molecule has 0 bridgehead atoms. The summed E-state index contributed by atoms with van der Waals surface area (Å²) in [6.07, 6.45) is 0. The quantitative estimate of drug-likeness (QED) is 0.725. The largest absolute Gasteiger partial charge is 0.334 e. The molecule has 0 saturated heterocycles. The van der Waals surface area contributed by atoms with Gasteiger partial charge in [0.2, 0.25) is 5.91 Å². The van der Waals surface area contributed by atoms with Gasteiger partial charge in [-0.2, -0.15) is 0 Å².